The van der Waals surface area contributed by atoms with Crippen molar-refractivity contribution in [2.45, 2.75) is 44.1 Å². The lowest BCUT2D eigenvalue weighted by atomic mass is 10.2. The molecule has 7 nitrogen and oxygen atoms in total. The Morgan fingerprint density at radius 1 is 1.09 bits per heavy atom. The molecule has 1 saturated heterocycles. The molecular formula is C25H30N4O3S. The Kier molecular flexibility index (Phi) is 7.67. The fourth-order valence-electron chi connectivity index (χ4n) is 4.05. The summed E-state index contributed by atoms with van der Waals surface area (Å²) >= 11 is 1.62. The normalized spacial score (nSPS) is 18.3. The molecule has 2 atom stereocenters. The summed E-state index contributed by atoms with van der Waals surface area (Å²) in [5.74, 6) is 2.51. The van der Waals surface area contributed by atoms with E-state index >= 15 is 0 Å². The van der Waals surface area contributed by atoms with Gasteiger partial charge in [0.2, 0.25) is 5.91 Å². The van der Waals surface area contributed by atoms with Gasteiger partial charge in [0.15, 0.2) is 11.0 Å². The summed E-state index contributed by atoms with van der Waals surface area (Å²) in [6.07, 6.45) is 1.48. The predicted molar refractivity (Wildman–Crippen MR) is 130 cm³/mol. The first kappa shape index (κ1) is 23.3. The lowest BCUT2D eigenvalue weighted by molar-refractivity contribution is -0.143. The van der Waals surface area contributed by atoms with Gasteiger partial charge in [0.1, 0.15) is 5.75 Å². The van der Waals surface area contributed by atoms with Gasteiger partial charge in [-0.2, -0.15) is 0 Å². The average Bonchev–Trinajstić information content (AvgIpc) is 3.25. The number of aromatic nitrogens is 3. The van der Waals surface area contributed by atoms with Crippen LogP contribution in [0.15, 0.2) is 59.8 Å². The number of amides is 1. The number of thioether (sulfide) groups is 1. The van der Waals surface area contributed by atoms with Crippen molar-refractivity contribution >= 4 is 17.7 Å². The number of rotatable bonds is 8. The molecule has 0 N–H and O–H groups in total. The Labute approximate surface area is 199 Å². The molecule has 2 unspecified atom stereocenters. The number of nitrogens with zero attached hydrogens (tertiary/aromatic N) is 4. The van der Waals surface area contributed by atoms with Gasteiger partial charge in [-0.3, -0.25) is 9.36 Å². The van der Waals surface area contributed by atoms with E-state index in [1.165, 1.54) is 0 Å². The fourth-order valence-corrected chi connectivity index (χ4v) is 4.94. The first-order chi connectivity index (χ1) is 16.0. The number of benzene rings is 2. The maximum Gasteiger partial charge on any atom is 0.222 e. The van der Waals surface area contributed by atoms with Gasteiger partial charge in [-0.1, -0.05) is 42.1 Å². The highest BCUT2D eigenvalue weighted by Gasteiger charge is 2.25. The first-order valence-corrected chi connectivity index (χ1v) is 12.2. The van der Waals surface area contributed by atoms with Crippen LogP contribution in [-0.2, 0) is 9.53 Å². The zero-order valence-electron chi connectivity index (χ0n) is 19.3. The third kappa shape index (κ3) is 5.75. The number of methoxy groups -OCH3 is 1. The molecule has 2 aromatic carbocycles. The van der Waals surface area contributed by atoms with Crippen LogP contribution in [0.4, 0.5) is 0 Å². The van der Waals surface area contributed by atoms with Gasteiger partial charge < -0.3 is 14.4 Å². The largest absolute Gasteiger partial charge is 0.497 e. The Hall–Kier alpha value is -2.84. The fraction of sp³-hybridized carbons (Fsp3) is 0.400. The molecule has 0 aliphatic carbocycles. The number of morpholine rings is 1. The number of carbonyl (C=O) groups is 1. The summed E-state index contributed by atoms with van der Waals surface area (Å²) in [6.45, 7) is 5.37. The van der Waals surface area contributed by atoms with Gasteiger partial charge >= 0.3 is 0 Å². The van der Waals surface area contributed by atoms with Crippen molar-refractivity contribution in [3.63, 3.8) is 0 Å². The van der Waals surface area contributed by atoms with E-state index in [9.17, 15) is 4.79 Å². The lowest BCUT2D eigenvalue weighted by Crippen LogP contribution is -2.48. The van der Waals surface area contributed by atoms with Crippen molar-refractivity contribution in [3.8, 4) is 22.8 Å². The minimum Gasteiger partial charge on any atom is -0.497 e. The monoisotopic (exact) mass is 466 g/mol. The topological polar surface area (TPSA) is 69.5 Å². The molecule has 1 amide bonds. The van der Waals surface area contributed by atoms with E-state index in [0.29, 0.717) is 19.5 Å². The van der Waals surface area contributed by atoms with Gasteiger partial charge in [0.25, 0.3) is 0 Å². The van der Waals surface area contributed by atoms with E-state index in [1.54, 1.807) is 18.9 Å². The van der Waals surface area contributed by atoms with Gasteiger partial charge in [0.05, 0.1) is 19.3 Å². The molecule has 3 aromatic rings. The molecule has 0 radical (unpaired) electrons. The first-order valence-electron chi connectivity index (χ1n) is 11.3. The van der Waals surface area contributed by atoms with Crippen LogP contribution in [-0.4, -0.2) is 63.7 Å². The Balaban J connectivity index is 1.45. The van der Waals surface area contributed by atoms with Gasteiger partial charge in [-0.25, -0.2) is 0 Å². The molecule has 1 fully saturated rings. The Morgan fingerprint density at radius 3 is 2.58 bits per heavy atom. The van der Waals surface area contributed by atoms with Crippen LogP contribution in [0.5, 0.6) is 5.75 Å². The summed E-state index contributed by atoms with van der Waals surface area (Å²) in [7, 11) is 1.65. The quantitative estimate of drug-likeness (QED) is 0.361. The van der Waals surface area contributed by atoms with E-state index in [0.717, 1.165) is 40.2 Å². The van der Waals surface area contributed by atoms with Crippen molar-refractivity contribution in [2.24, 2.45) is 0 Å². The van der Waals surface area contributed by atoms with Crippen LogP contribution in [0, 0.1) is 0 Å². The summed E-state index contributed by atoms with van der Waals surface area (Å²) in [6, 6.07) is 17.9. The summed E-state index contributed by atoms with van der Waals surface area (Å²) in [5.41, 5.74) is 1.93. The van der Waals surface area contributed by atoms with Crippen LogP contribution in [0.3, 0.4) is 0 Å². The zero-order chi connectivity index (χ0) is 23.2. The number of ether oxygens (including phenoxy) is 2. The SMILES string of the molecule is COc1cccc(-c2nnc(SCCCC(=O)N3CC(C)OC(C)C3)n2-c2ccccc2)c1. The van der Waals surface area contributed by atoms with Crippen LogP contribution in [0.1, 0.15) is 26.7 Å². The molecule has 1 aliphatic heterocycles. The number of para-hydroxylation sites is 1. The van der Waals surface area contributed by atoms with Crippen LogP contribution < -0.4 is 4.74 Å². The van der Waals surface area contributed by atoms with Gasteiger partial charge in [-0.05, 0) is 44.5 Å². The summed E-state index contributed by atoms with van der Waals surface area (Å²) < 4.78 is 13.2. The Morgan fingerprint density at radius 2 is 1.85 bits per heavy atom. The van der Waals surface area contributed by atoms with E-state index in [1.807, 2.05) is 73.3 Å². The van der Waals surface area contributed by atoms with E-state index in [2.05, 4.69) is 14.8 Å². The van der Waals surface area contributed by atoms with Gasteiger partial charge in [0, 0.05) is 36.5 Å². The second-order valence-electron chi connectivity index (χ2n) is 8.22. The molecule has 174 valence electrons. The van der Waals surface area contributed by atoms with Crippen molar-refractivity contribution < 1.29 is 14.3 Å². The maximum absolute atomic E-state index is 12.7. The van der Waals surface area contributed by atoms with Crippen LogP contribution in [0.2, 0.25) is 0 Å². The smallest absolute Gasteiger partial charge is 0.222 e. The van der Waals surface area contributed by atoms with E-state index in [4.69, 9.17) is 9.47 Å². The third-order valence-corrected chi connectivity index (χ3v) is 6.53. The third-order valence-electron chi connectivity index (χ3n) is 5.51. The molecule has 1 aromatic heterocycles. The zero-order valence-corrected chi connectivity index (χ0v) is 20.1. The summed E-state index contributed by atoms with van der Waals surface area (Å²) in [5, 5.41) is 9.77. The maximum atomic E-state index is 12.7. The number of hydrogen-bond acceptors (Lipinski definition) is 6. The molecular weight excluding hydrogens is 436 g/mol. The molecule has 0 saturated carbocycles. The van der Waals surface area contributed by atoms with Gasteiger partial charge in [-0.15, -0.1) is 10.2 Å². The lowest BCUT2D eigenvalue weighted by Gasteiger charge is -2.35. The second kappa shape index (κ2) is 10.9. The predicted octanol–water partition coefficient (Wildman–Crippen LogP) is 4.45. The van der Waals surface area contributed by atoms with Crippen LogP contribution >= 0.6 is 11.8 Å². The van der Waals surface area contributed by atoms with Crippen molar-refractivity contribution in [1.29, 1.82) is 0 Å². The van der Waals surface area contributed by atoms with E-state index in [-0.39, 0.29) is 18.1 Å². The van der Waals surface area contributed by atoms with Crippen molar-refractivity contribution in [3.05, 3.63) is 54.6 Å². The minimum absolute atomic E-state index is 0.0894. The molecule has 8 heteroatoms. The Bertz CT molecular complexity index is 1060. The number of carbonyl (C=O) groups excluding carboxylic acids is 1. The highest BCUT2D eigenvalue weighted by molar-refractivity contribution is 7.99. The molecule has 1 aliphatic rings. The van der Waals surface area contributed by atoms with Crippen molar-refractivity contribution in [1.82, 2.24) is 19.7 Å². The average molecular weight is 467 g/mol. The van der Waals surface area contributed by atoms with Crippen molar-refractivity contribution in [2.75, 3.05) is 26.0 Å². The molecule has 33 heavy (non-hydrogen) atoms. The second-order valence-corrected chi connectivity index (χ2v) is 9.28. The minimum atomic E-state index is 0.0894. The number of hydrogen-bond donors (Lipinski definition) is 0. The molecule has 0 spiro atoms. The highest BCUT2D eigenvalue weighted by atomic mass is 32.2. The van der Waals surface area contributed by atoms with E-state index < -0.39 is 0 Å². The molecule has 2 heterocycles. The van der Waals surface area contributed by atoms with Crippen LogP contribution in [0.25, 0.3) is 17.1 Å². The molecule has 4 rings (SSSR count). The molecule has 0 bridgehead atoms. The standard InChI is InChI=1S/C25H30N4O3S/c1-18-16-28(17-19(2)32-18)23(30)13-8-14-33-25-27-26-24(20-9-7-12-22(15-20)31-3)29(25)21-10-5-4-6-11-21/h4-7,9-12,15,18-19H,8,13-14,16-17H2,1-3H3. The highest BCUT2D eigenvalue weighted by Crippen LogP contribution is 2.30. The summed E-state index contributed by atoms with van der Waals surface area (Å²) in [4.78, 5) is 14.6.